The molecule has 1 saturated carbocycles. The Morgan fingerprint density at radius 3 is 2.58 bits per heavy atom. The van der Waals surface area contributed by atoms with E-state index < -0.39 is 36.2 Å². The van der Waals surface area contributed by atoms with E-state index in [1.54, 1.807) is 13.8 Å². The number of imidazole rings is 1. The molecule has 10 heteroatoms. The van der Waals surface area contributed by atoms with Gasteiger partial charge in [-0.1, -0.05) is 6.07 Å². The molecule has 0 unspecified atom stereocenters. The molecule has 7 nitrogen and oxygen atoms in total. The van der Waals surface area contributed by atoms with Crippen molar-refractivity contribution in [3.05, 3.63) is 58.3 Å². The second-order valence-electron chi connectivity index (χ2n) is 8.36. The molecule has 0 aliphatic heterocycles. The molecule has 176 valence electrons. The molecular formula is C23H24F3N3O4. The van der Waals surface area contributed by atoms with Crippen LogP contribution in [0.3, 0.4) is 0 Å². The number of nitrogens with zero attached hydrogens (tertiary/aromatic N) is 2. The van der Waals surface area contributed by atoms with Crippen LogP contribution in [0.2, 0.25) is 0 Å². The van der Waals surface area contributed by atoms with Crippen LogP contribution in [0, 0.1) is 5.82 Å². The lowest BCUT2D eigenvalue weighted by atomic mass is 10.1. The quantitative estimate of drug-likeness (QED) is 0.583. The number of halogens is 3. The lowest BCUT2D eigenvalue weighted by Gasteiger charge is -2.17. The third-order valence-electron chi connectivity index (χ3n) is 5.82. The number of fused-ring (bicyclic) bond motifs is 1. The Morgan fingerprint density at radius 1 is 1.18 bits per heavy atom. The van der Waals surface area contributed by atoms with Gasteiger partial charge in [0.05, 0.1) is 34.4 Å². The highest BCUT2D eigenvalue weighted by atomic mass is 19.3. The highest BCUT2D eigenvalue weighted by Gasteiger charge is 2.28. The average molecular weight is 463 g/mol. The highest BCUT2D eigenvalue weighted by Crippen LogP contribution is 2.27. The second-order valence-corrected chi connectivity index (χ2v) is 8.36. The molecule has 0 bridgehead atoms. The fourth-order valence-electron chi connectivity index (χ4n) is 4.31. The molecule has 2 aromatic carbocycles. The minimum atomic E-state index is -3.04. The first kappa shape index (κ1) is 22.9. The fraction of sp³-hybridized carbons (Fsp3) is 0.391. The third-order valence-corrected chi connectivity index (χ3v) is 5.82. The molecule has 1 aliphatic rings. The van der Waals surface area contributed by atoms with Gasteiger partial charge >= 0.3 is 12.3 Å². The summed E-state index contributed by atoms with van der Waals surface area (Å²) in [5, 5.41) is 12.6. The molecule has 2 N–H and O–H groups in total. The van der Waals surface area contributed by atoms with Gasteiger partial charge in [0.25, 0.3) is 5.91 Å². The van der Waals surface area contributed by atoms with Crippen LogP contribution < -0.4 is 15.7 Å². The molecule has 1 fully saturated rings. The molecule has 0 radical (unpaired) electrons. The van der Waals surface area contributed by atoms with E-state index in [-0.39, 0.29) is 28.6 Å². The topological polar surface area (TPSA) is 85.5 Å². The predicted octanol–water partition coefficient (Wildman–Crippen LogP) is 3.76. The van der Waals surface area contributed by atoms with Crippen LogP contribution in [0.5, 0.6) is 5.75 Å². The van der Waals surface area contributed by atoms with E-state index in [0.717, 1.165) is 12.5 Å². The zero-order valence-electron chi connectivity index (χ0n) is 18.1. The number of alkyl halides is 2. The number of hydrogen-bond acceptors (Lipinski definition) is 4. The van der Waals surface area contributed by atoms with E-state index in [1.165, 1.54) is 39.5 Å². The van der Waals surface area contributed by atoms with Crippen LogP contribution in [0.1, 0.15) is 49.5 Å². The molecule has 3 aromatic rings. The van der Waals surface area contributed by atoms with Gasteiger partial charge in [-0.3, -0.25) is 13.9 Å². The number of aromatic nitrogens is 2. The van der Waals surface area contributed by atoms with Crippen molar-refractivity contribution in [1.82, 2.24) is 14.5 Å². The summed E-state index contributed by atoms with van der Waals surface area (Å²) in [6, 6.07) is 7.14. The lowest BCUT2D eigenvalue weighted by molar-refractivity contribution is -0.0498. The Kier molecular flexibility index (Phi) is 6.20. The Morgan fingerprint density at radius 2 is 1.94 bits per heavy atom. The highest BCUT2D eigenvalue weighted by molar-refractivity contribution is 5.98. The molecule has 2 atom stereocenters. The Bertz CT molecular complexity index is 1250. The van der Waals surface area contributed by atoms with Gasteiger partial charge < -0.3 is 15.2 Å². The maximum Gasteiger partial charge on any atom is 0.387 e. The summed E-state index contributed by atoms with van der Waals surface area (Å²) < 4.78 is 47.4. The smallest absolute Gasteiger partial charge is 0.387 e. The van der Waals surface area contributed by atoms with Gasteiger partial charge in [0.2, 0.25) is 0 Å². The molecule has 1 heterocycles. The van der Waals surface area contributed by atoms with Crippen molar-refractivity contribution in [2.24, 2.45) is 0 Å². The number of amides is 1. The number of aliphatic hydroxyl groups is 1. The summed E-state index contributed by atoms with van der Waals surface area (Å²) in [7, 11) is 0. The first-order valence-corrected chi connectivity index (χ1v) is 10.7. The minimum absolute atomic E-state index is 0.147. The molecular weight excluding hydrogens is 439 g/mol. The summed E-state index contributed by atoms with van der Waals surface area (Å²) in [5.74, 6) is -1.67. The van der Waals surface area contributed by atoms with Gasteiger partial charge in [-0.05, 0) is 51.3 Å². The van der Waals surface area contributed by atoms with Gasteiger partial charge in [-0.15, -0.1) is 0 Å². The molecule has 1 aliphatic carbocycles. The van der Waals surface area contributed by atoms with E-state index in [9.17, 15) is 23.5 Å². The van der Waals surface area contributed by atoms with E-state index in [1.807, 2.05) is 0 Å². The van der Waals surface area contributed by atoms with Crippen LogP contribution in [0.25, 0.3) is 16.7 Å². The average Bonchev–Trinajstić information content (AvgIpc) is 3.26. The van der Waals surface area contributed by atoms with Gasteiger partial charge in [0.15, 0.2) is 0 Å². The Hall–Kier alpha value is -3.27. The summed E-state index contributed by atoms with van der Waals surface area (Å²) in [6.07, 6.45) is 1.24. The van der Waals surface area contributed by atoms with Gasteiger partial charge in [0, 0.05) is 18.2 Å². The normalized spacial score (nSPS) is 18.4. The van der Waals surface area contributed by atoms with Crippen LogP contribution in [-0.4, -0.2) is 38.9 Å². The number of nitrogens with one attached hydrogen (secondary N) is 1. The van der Waals surface area contributed by atoms with Gasteiger partial charge in [0.1, 0.15) is 11.6 Å². The molecule has 1 aromatic heterocycles. The van der Waals surface area contributed by atoms with Crippen LogP contribution >= 0.6 is 0 Å². The lowest BCUT2D eigenvalue weighted by Crippen LogP contribution is -2.40. The Balaban J connectivity index is 1.84. The van der Waals surface area contributed by atoms with Crippen LogP contribution in [0.4, 0.5) is 13.2 Å². The van der Waals surface area contributed by atoms with E-state index in [4.69, 9.17) is 0 Å². The SMILES string of the molecule is CC(C)n1c(=O)n(-c2cccc(OC(F)F)c2)c2cc(F)c(C(=O)N[C@H]3CCC[C@@H]3O)cc21. The maximum atomic E-state index is 15.1. The third kappa shape index (κ3) is 4.35. The monoisotopic (exact) mass is 463 g/mol. The van der Waals surface area contributed by atoms with Crippen LogP contribution in [0.15, 0.2) is 41.2 Å². The van der Waals surface area contributed by atoms with Crippen molar-refractivity contribution < 1.29 is 27.8 Å². The van der Waals surface area contributed by atoms with E-state index >= 15 is 4.39 Å². The molecule has 4 rings (SSSR count). The minimum Gasteiger partial charge on any atom is -0.435 e. The van der Waals surface area contributed by atoms with Gasteiger partial charge in [-0.25, -0.2) is 9.18 Å². The number of rotatable bonds is 6. The largest absolute Gasteiger partial charge is 0.435 e. The number of carbonyl (C=O) groups is 1. The molecule has 33 heavy (non-hydrogen) atoms. The summed E-state index contributed by atoms with van der Waals surface area (Å²) in [6.45, 7) is 0.491. The summed E-state index contributed by atoms with van der Waals surface area (Å²) in [5.41, 5.74) is -0.0555. The molecule has 1 amide bonds. The van der Waals surface area contributed by atoms with Crippen molar-refractivity contribution >= 4 is 16.9 Å². The zero-order valence-corrected chi connectivity index (χ0v) is 18.1. The van der Waals surface area contributed by atoms with Crippen molar-refractivity contribution in [1.29, 1.82) is 0 Å². The first-order chi connectivity index (χ1) is 15.7. The summed E-state index contributed by atoms with van der Waals surface area (Å²) >= 11 is 0. The van der Waals surface area contributed by atoms with Crippen molar-refractivity contribution in [2.45, 2.75) is 57.9 Å². The van der Waals surface area contributed by atoms with Crippen molar-refractivity contribution in [3.8, 4) is 11.4 Å². The van der Waals surface area contributed by atoms with Gasteiger partial charge in [-0.2, -0.15) is 8.78 Å². The fourth-order valence-corrected chi connectivity index (χ4v) is 4.31. The number of carbonyl (C=O) groups excluding carboxylic acids is 1. The maximum absolute atomic E-state index is 15.1. The number of aliphatic hydroxyl groups excluding tert-OH is 1. The van der Waals surface area contributed by atoms with Crippen molar-refractivity contribution in [3.63, 3.8) is 0 Å². The molecule has 0 spiro atoms. The predicted molar refractivity (Wildman–Crippen MR) is 116 cm³/mol. The summed E-state index contributed by atoms with van der Waals surface area (Å²) in [4.78, 5) is 26.0. The van der Waals surface area contributed by atoms with Crippen LogP contribution in [-0.2, 0) is 0 Å². The Labute approximate surface area is 187 Å². The van der Waals surface area contributed by atoms with E-state index in [0.29, 0.717) is 18.4 Å². The number of ether oxygens (including phenoxy) is 1. The number of hydrogen-bond donors (Lipinski definition) is 2. The second kappa shape index (κ2) is 8.93. The van der Waals surface area contributed by atoms with E-state index in [2.05, 4.69) is 10.1 Å². The van der Waals surface area contributed by atoms with Crippen molar-refractivity contribution in [2.75, 3.05) is 0 Å². The first-order valence-electron chi connectivity index (χ1n) is 10.7. The number of benzene rings is 2. The zero-order chi connectivity index (χ0) is 23.9. The molecule has 0 saturated heterocycles. The standard InChI is InChI=1S/C23H24F3N3O4/c1-12(2)28-18-10-15(21(31)27-17-7-4-8-20(17)30)16(24)11-19(18)29(23(28)32)13-5-3-6-14(9-13)33-22(25)26/h3,5-6,9-12,17,20,22,30H,4,7-8H2,1-2H3,(H,27,31)/t17-,20-/m0/s1.